The Labute approximate surface area is 132 Å². The van der Waals surface area contributed by atoms with E-state index >= 15 is 0 Å². The zero-order chi connectivity index (χ0) is 14.8. The maximum atomic E-state index is 12.7. The van der Waals surface area contributed by atoms with Gasteiger partial charge in [-0.15, -0.1) is 0 Å². The first kappa shape index (κ1) is 14.1. The quantitative estimate of drug-likeness (QED) is 0.865. The van der Waals surface area contributed by atoms with Gasteiger partial charge in [0.2, 0.25) is 0 Å². The maximum absolute atomic E-state index is 12.7. The molecular formula is C16H16BrN3O. The molecule has 0 radical (unpaired) electrons. The summed E-state index contributed by atoms with van der Waals surface area (Å²) in [4.78, 5) is 18.9. The summed E-state index contributed by atoms with van der Waals surface area (Å²) < 4.78 is 0.752. The van der Waals surface area contributed by atoms with Crippen LogP contribution in [0.25, 0.3) is 0 Å². The molecule has 0 atom stereocenters. The summed E-state index contributed by atoms with van der Waals surface area (Å²) in [6.07, 6.45) is 3.88. The minimum absolute atomic E-state index is 0.0313. The zero-order valence-corrected chi connectivity index (χ0v) is 13.1. The highest BCUT2D eigenvalue weighted by Crippen LogP contribution is 2.30. The molecule has 4 nitrogen and oxygen atoms in total. The van der Waals surface area contributed by atoms with Crippen LogP contribution in [0.5, 0.6) is 0 Å². The molecule has 0 aliphatic heterocycles. The minimum Gasteiger partial charge on any atom is -0.398 e. The molecule has 3 rings (SSSR count). The highest BCUT2D eigenvalue weighted by atomic mass is 79.9. The summed E-state index contributed by atoms with van der Waals surface area (Å²) in [7, 11) is 0. The lowest BCUT2D eigenvalue weighted by atomic mass is 10.1. The first-order valence-corrected chi connectivity index (χ1v) is 7.70. The topological polar surface area (TPSA) is 59.2 Å². The van der Waals surface area contributed by atoms with Crippen molar-refractivity contribution in [1.29, 1.82) is 0 Å². The second-order valence-corrected chi connectivity index (χ2v) is 6.08. The monoisotopic (exact) mass is 345 g/mol. The highest BCUT2D eigenvalue weighted by molar-refractivity contribution is 9.10. The van der Waals surface area contributed by atoms with Crippen molar-refractivity contribution in [1.82, 2.24) is 9.88 Å². The van der Waals surface area contributed by atoms with Gasteiger partial charge in [-0.1, -0.05) is 6.07 Å². The number of halogens is 1. The first-order chi connectivity index (χ1) is 10.1. The number of nitrogens with two attached hydrogens (primary N) is 1. The number of aromatic nitrogens is 1. The van der Waals surface area contributed by atoms with Gasteiger partial charge in [-0.25, -0.2) is 0 Å². The number of nitrogens with zero attached hydrogens (tertiary/aromatic N) is 2. The summed E-state index contributed by atoms with van der Waals surface area (Å²) in [6, 6.07) is 11.4. The molecule has 0 bridgehead atoms. The standard InChI is InChI=1S/C16H16BrN3O/c17-14-9-11(4-7-15(14)18)16(21)20(13-5-6-13)10-12-3-1-2-8-19-12/h1-4,7-9,13H,5-6,10,18H2. The van der Waals surface area contributed by atoms with Crippen molar-refractivity contribution in [2.24, 2.45) is 0 Å². The van der Waals surface area contributed by atoms with Crippen LogP contribution in [0.1, 0.15) is 28.9 Å². The van der Waals surface area contributed by atoms with Gasteiger partial charge in [0.15, 0.2) is 0 Å². The number of amides is 1. The van der Waals surface area contributed by atoms with Gasteiger partial charge in [0.25, 0.3) is 5.91 Å². The molecule has 21 heavy (non-hydrogen) atoms. The fourth-order valence-electron chi connectivity index (χ4n) is 2.25. The average Bonchev–Trinajstić information content (AvgIpc) is 3.33. The molecule has 5 heteroatoms. The van der Waals surface area contributed by atoms with Gasteiger partial charge >= 0.3 is 0 Å². The van der Waals surface area contributed by atoms with Crippen molar-refractivity contribution in [3.63, 3.8) is 0 Å². The number of carbonyl (C=O) groups excluding carboxylic acids is 1. The lowest BCUT2D eigenvalue weighted by Crippen LogP contribution is -2.32. The molecular weight excluding hydrogens is 330 g/mol. The average molecular weight is 346 g/mol. The number of hydrogen-bond acceptors (Lipinski definition) is 3. The van der Waals surface area contributed by atoms with E-state index in [0.717, 1.165) is 23.0 Å². The Bertz CT molecular complexity index is 656. The van der Waals surface area contributed by atoms with Gasteiger partial charge in [-0.2, -0.15) is 0 Å². The van der Waals surface area contributed by atoms with Crippen LogP contribution in [0.4, 0.5) is 5.69 Å². The summed E-state index contributed by atoms with van der Waals surface area (Å²) in [5, 5.41) is 0. The van der Waals surface area contributed by atoms with Crippen LogP contribution >= 0.6 is 15.9 Å². The number of benzene rings is 1. The van der Waals surface area contributed by atoms with Crippen LogP contribution in [-0.2, 0) is 6.54 Å². The van der Waals surface area contributed by atoms with Gasteiger partial charge < -0.3 is 10.6 Å². The molecule has 1 aromatic heterocycles. The van der Waals surface area contributed by atoms with E-state index in [2.05, 4.69) is 20.9 Å². The third-order valence-corrected chi connectivity index (χ3v) is 4.24. The van der Waals surface area contributed by atoms with E-state index in [1.807, 2.05) is 23.1 Å². The van der Waals surface area contributed by atoms with E-state index in [4.69, 9.17) is 5.73 Å². The lowest BCUT2D eigenvalue weighted by Gasteiger charge is -2.22. The van der Waals surface area contributed by atoms with E-state index in [1.165, 1.54) is 0 Å². The Hall–Kier alpha value is -1.88. The summed E-state index contributed by atoms with van der Waals surface area (Å²) in [6.45, 7) is 0.548. The number of pyridine rings is 1. The number of hydrogen-bond donors (Lipinski definition) is 1. The third-order valence-electron chi connectivity index (χ3n) is 3.55. The second-order valence-electron chi connectivity index (χ2n) is 5.22. The predicted octanol–water partition coefficient (Wildman–Crippen LogP) is 3.23. The Morgan fingerprint density at radius 2 is 2.14 bits per heavy atom. The van der Waals surface area contributed by atoms with Crippen LogP contribution in [0.2, 0.25) is 0 Å². The van der Waals surface area contributed by atoms with Crippen molar-refractivity contribution < 1.29 is 4.79 Å². The molecule has 1 aliphatic rings. The van der Waals surface area contributed by atoms with E-state index in [-0.39, 0.29) is 5.91 Å². The molecule has 2 aromatic rings. The lowest BCUT2D eigenvalue weighted by molar-refractivity contribution is 0.0727. The molecule has 1 aliphatic carbocycles. The van der Waals surface area contributed by atoms with E-state index < -0.39 is 0 Å². The number of nitrogen functional groups attached to an aromatic ring is 1. The van der Waals surface area contributed by atoms with Gasteiger partial charge in [0.1, 0.15) is 0 Å². The van der Waals surface area contributed by atoms with Crippen LogP contribution in [0.15, 0.2) is 47.1 Å². The highest BCUT2D eigenvalue weighted by Gasteiger charge is 2.33. The molecule has 0 spiro atoms. The zero-order valence-electron chi connectivity index (χ0n) is 11.5. The van der Waals surface area contributed by atoms with Crippen molar-refractivity contribution in [3.05, 3.63) is 58.3 Å². The Morgan fingerprint density at radius 3 is 2.76 bits per heavy atom. The molecule has 1 aromatic carbocycles. The van der Waals surface area contributed by atoms with Crippen molar-refractivity contribution in [2.75, 3.05) is 5.73 Å². The minimum atomic E-state index is 0.0313. The number of carbonyl (C=O) groups is 1. The Morgan fingerprint density at radius 1 is 1.33 bits per heavy atom. The molecule has 1 fully saturated rings. The predicted molar refractivity (Wildman–Crippen MR) is 85.7 cm³/mol. The van der Waals surface area contributed by atoms with Crippen LogP contribution < -0.4 is 5.73 Å². The van der Waals surface area contributed by atoms with Crippen LogP contribution in [-0.4, -0.2) is 21.8 Å². The molecule has 0 unspecified atom stereocenters. The van der Waals surface area contributed by atoms with Gasteiger partial charge in [-0.05, 0) is 59.1 Å². The first-order valence-electron chi connectivity index (χ1n) is 6.91. The van der Waals surface area contributed by atoms with E-state index in [1.54, 1.807) is 24.4 Å². The second kappa shape index (κ2) is 5.85. The van der Waals surface area contributed by atoms with E-state index in [9.17, 15) is 4.79 Å². The fourth-order valence-corrected chi connectivity index (χ4v) is 2.62. The fraction of sp³-hybridized carbons (Fsp3) is 0.250. The van der Waals surface area contributed by atoms with Crippen molar-refractivity contribution in [2.45, 2.75) is 25.4 Å². The maximum Gasteiger partial charge on any atom is 0.254 e. The third kappa shape index (κ3) is 3.24. The molecule has 108 valence electrons. The summed E-state index contributed by atoms with van der Waals surface area (Å²) >= 11 is 3.37. The molecule has 1 heterocycles. The van der Waals surface area contributed by atoms with Crippen molar-refractivity contribution >= 4 is 27.5 Å². The molecule has 0 saturated heterocycles. The summed E-state index contributed by atoms with van der Waals surface area (Å²) in [5.41, 5.74) is 7.97. The van der Waals surface area contributed by atoms with Gasteiger partial charge in [-0.3, -0.25) is 9.78 Å². The molecule has 1 amide bonds. The molecule has 1 saturated carbocycles. The Balaban J connectivity index is 1.83. The van der Waals surface area contributed by atoms with Crippen LogP contribution in [0, 0.1) is 0 Å². The van der Waals surface area contributed by atoms with Crippen molar-refractivity contribution in [3.8, 4) is 0 Å². The van der Waals surface area contributed by atoms with Gasteiger partial charge in [0, 0.05) is 28.0 Å². The summed E-state index contributed by atoms with van der Waals surface area (Å²) in [5.74, 6) is 0.0313. The smallest absolute Gasteiger partial charge is 0.254 e. The SMILES string of the molecule is Nc1ccc(C(=O)N(Cc2ccccn2)C2CC2)cc1Br. The van der Waals surface area contributed by atoms with E-state index in [0.29, 0.717) is 23.8 Å². The Kier molecular flexibility index (Phi) is 3.92. The number of rotatable bonds is 4. The molecule has 2 N–H and O–H groups in total. The van der Waals surface area contributed by atoms with Crippen LogP contribution in [0.3, 0.4) is 0 Å². The van der Waals surface area contributed by atoms with Gasteiger partial charge in [0.05, 0.1) is 12.2 Å². The largest absolute Gasteiger partial charge is 0.398 e. The normalized spacial score (nSPS) is 14.0. The number of anilines is 1.